The van der Waals surface area contributed by atoms with Gasteiger partial charge in [-0.15, -0.1) is 0 Å². The Morgan fingerprint density at radius 1 is 1.27 bits per heavy atom. The minimum Gasteiger partial charge on any atom is -0.417 e. The molecule has 0 radical (unpaired) electrons. The molecule has 0 fully saturated rings. The summed E-state index contributed by atoms with van der Waals surface area (Å²) in [7, 11) is 0. The summed E-state index contributed by atoms with van der Waals surface area (Å²) in [6.07, 6.45) is 0. The summed E-state index contributed by atoms with van der Waals surface area (Å²) in [5, 5.41) is 22.6. The van der Waals surface area contributed by atoms with Gasteiger partial charge in [-0.2, -0.15) is 13.8 Å². The number of anilines is 2. The van der Waals surface area contributed by atoms with Gasteiger partial charge in [-0.3, -0.25) is 10.1 Å². The summed E-state index contributed by atoms with van der Waals surface area (Å²) in [6.45, 7) is -3.22. The van der Waals surface area contributed by atoms with Crippen molar-refractivity contribution in [2.75, 3.05) is 5.32 Å². The zero-order chi connectivity index (χ0) is 16.1. The number of benzene rings is 1. The van der Waals surface area contributed by atoms with Crippen LogP contribution in [0, 0.1) is 10.1 Å². The van der Waals surface area contributed by atoms with E-state index in [0.717, 1.165) is 12.1 Å². The van der Waals surface area contributed by atoms with E-state index in [-0.39, 0.29) is 18.1 Å². The molecule has 2 rings (SSSR count). The van der Waals surface area contributed by atoms with E-state index in [2.05, 4.69) is 15.0 Å². The average molecular weight is 311 g/mol. The number of ether oxygens (including phenoxy) is 1. The maximum absolute atomic E-state index is 12.2. The number of nitrogens with one attached hydrogen (secondary N) is 1. The van der Waals surface area contributed by atoms with Gasteiger partial charge in [-0.1, -0.05) is 12.1 Å². The Balaban J connectivity index is 2.31. The highest BCUT2D eigenvalue weighted by molar-refractivity contribution is 5.66. The summed E-state index contributed by atoms with van der Waals surface area (Å²) in [5.41, 5.74) is 0.720. The molecule has 2 aromatic rings. The van der Waals surface area contributed by atoms with E-state index in [9.17, 15) is 18.9 Å². The van der Waals surface area contributed by atoms with Gasteiger partial charge in [0.1, 0.15) is 0 Å². The number of rotatable bonds is 6. The monoisotopic (exact) mass is 311 g/mol. The van der Waals surface area contributed by atoms with E-state index in [4.69, 9.17) is 5.11 Å². The predicted molar refractivity (Wildman–Crippen MR) is 73.2 cm³/mol. The first kappa shape index (κ1) is 15.6. The van der Waals surface area contributed by atoms with Crippen LogP contribution < -0.4 is 10.1 Å². The zero-order valence-electron chi connectivity index (χ0n) is 11.1. The Morgan fingerprint density at radius 2 is 1.95 bits per heavy atom. The number of hydrogen-bond donors (Lipinski definition) is 2. The van der Waals surface area contributed by atoms with Crippen LogP contribution in [0.25, 0.3) is 0 Å². The topological polar surface area (TPSA) is 97.5 Å². The molecule has 0 aliphatic carbocycles. The van der Waals surface area contributed by atoms with E-state index >= 15 is 0 Å². The SMILES string of the molecule is O=[N+]([O-])c1ccc(OC(F)F)nc1Nc1ccc(CO)cc1. The van der Waals surface area contributed by atoms with Gasteiger partial charge in [0.2, 0.25) is 11.7 Å². The van der Waals surface area contributed by atoms with Crippen molar-refractivity contribution in [3.05, 3.63) is 52.1 Å². The molecule has 2 N–H and O–H groups in total. The second-order valence-corrected chi connectivity index (χ2v) is 4.13. The first-order chi connectivity index (χ1) is 10.5. The zero-order valence-corrected chi connectivity index (χ0v) is 11.1. The lowest BCUT2D eigenvalue weighted by Crippen LogP contribution is -2.06. The Bertz CT molecular complexity index is 665. The lowest BCUT2D eigenvalue weighted by molar-refractivity contribution is -0.384. The molecule has 1 aromatic carbocycles. The van der Waals surface area contributed by atoms with Crippen molar-refractivity contribution in [2.45, 2.75) is 13.2 Å². The number of nitro groups is 1. The number of aliphatic hydroxyl groups is 1. The van der Waals surface area contributed by atoms with E-state index < -0.39 is 17.4 Å². The normalized spacial score (nSPS) is 10.5. The Kier molecular flexibility index (Phi) is 4.79. The number of halogens is 2. The van der Waals surface area contributed by atoms with Crippen LogP contribution in [0.4, 0.5) is 26.0 Å². The van der Waals surface area contributed by atoms with Crippen molar-refractivity contribution >= 4 is 17.2 Å². The number of aliphatic hydroxyl groups excluding tert-OH is 1. The number of aromatic nitrogens is 1. The fourth-order valence-corrected chi connectivity index (χ4v) is 1.66. The Labute approximate surface area is 123 Å². The molecule has 0 bridgehead atoms. The molecule has 7 nitrogen and oxygen atoms in total. The molecule has 0 unspecified atom stereocenters. The highest BCUT2D eigenvalue weighted by Crippen LogP contribution is 2.28. The molecule has 0 aliphatic rings. The van der Waals surface area contributed by atoms with Crippen molar-refractivity contribution in [1.82, 2.24) is 4.98 Å². The van der Waals surface area contributed by atoms with Crippen molar-refractivity contribution in [2.24, 2.45) is 0 Å². The highest BCUT2D eigenvalue weighted by atomic mass is 19.3. The van der Waals surface area contributed by atoms with Gasteiger partial charge in [-0.25, -0.2) is 0 Å². The second kappa shape index (κ2) is 6.76. The quantitative estimate of drug-likeness (QED) is 0.629. The number of alkyl halides is 2. The Hall–Kier alpha value is -2.81. The van der Waals surface area contributed by atoms with Crippen LogP contribution in [0.5, 0.6) is 5.88 Å². The van der Waals surface area contributed by atoms with Crippen LogP contribution in [0.3, 0.4) is 0 Å². The fourth-order valence-electron chi connectivity index (χ4n) is 1.66. The van der Waals surface area contributed by atoms with Gasteiger partial charge in [0, 0.05) is 17.8 Å². The van der Waals surface area contributed by atoms with Crippen LogP contribution in [0.1, 0.15) is 5.56 Å². The summed E-state index contributed by atoms with van der Waals surface area (Å²) in [6, 6.07) is 8.36. The largest absolute Gasteiger partial charge is 0.417 e. The molecular weight excluding hydrogens is 300 g/mol. The molecule has 0 spiro atoms. The van der Waals surface area contributed by atoms with Crippen LogP contribution in [-0.4, -0.2) is 21.6 Å². The third-order valence-corrected chi connectivity index (χ3v) is 2.65. The van der Waals surface area contributed by atoms with E-state index in [1.165, 1.54) is 0 Å². The number of nitrogens with zero attached hydrogens (tertiary/aromatic N) is 2. The third kappa shape index (κ3) is 3.85. The maximum Gasteiger partial charge on any atom is 0.388 e. The molecule has 9 heteroatoms. The minimum absolute atomic E-state index is 0.142. The second-order valence-electron chi connectivity index (χ2n) is 4.13. The molecule has 0 amide bonds. The van der Waals surface area contributed by atoms with Crippen LogP contribution in [0.15, 0.2) is 36.4 Å². The standard InChI is InChI=1S/C13H11F2N3O4/c14-13(15)22-11-6-5-10(18(20)21)12(17-11)16-9-3-1-8(7-19)2-4-9/h1-6,13,19H,7H2,(H,16,17). The van der Waals surface area contributed by atoms with Crippen LogP contribution in [-0.2, 0) is 6.61 Å². The maximum atomic E-state index is 12.2. The molecule has 0 aliphatic heterocycles. The lowest BCUT2D eigenvalue weighted by Gasteiger charge is -2.09. The highest BCUT2D eigenvalue weighted by Gasteiger charge is 2.18. The van der Waals surface area contributed by atoms with Crippen molar-refractivity contribution in [3.8, 4) is 5.88 Å². The van der Waals surface area contributed by atoms with Gasteiger partial charge in [0.05, 0.1) is 11.5 Å². The van der Waals surface area contributed by atoms with Crippen LogP contribution in [0.2, 0.25) is 0 Å². The first-order valence-corrected chi connectivity index (χ1v) is 6.06. The summed E-state index contributed by atoms with van der Waals surface area (Å²) >= 11 is 0. The molecule has 0 saturated heterocycles. The lowest BCUT2D eigenvalue weighted by atomic mass is 10.2. The molecule has 0 atom stereocenters. The molecular formula is C13H11F2N3O4. The van der Waals surface area contributed by atoms with E-state index in [1.807, 2.05) is 0 Å². The summed E-state index contributed by atoms with van der Waals surface area (Å²) in [4.78, 5) is 13.9. The summed E-state index contributed by atoms with van der Waals surface area (Å²) < 4.78 is 28.5. The minimum atomic E-state index is -3.08. The Morgan fingerprint density at radius 3 is 2.50 bits per heavy atom. The van der Waals surface area contributed by atoms with Crippen molar-refractivity contribution in [3.63, 3.8) is 0 Å². The summed E-state index contributed by atoms with van der Waals surface area (Å²) in [5.74, 6) is -0.657. The molecule has 1 heterocycles. The smallest absolute Gasteiger partial charge is 0.388 e. The fraction of sp³-hybridized carbons (Fsp3) is 0.154. The van der Waals surface area contributed by atoms with Gasteiger partial charge < -0.3 is 15.2 Å². The van der Waals surface area contributed by atoms with Crippen molar-refractivity contribution in [1.29, 1.82) is 0 Å². The van der Waals surface area contributed by atoms with Gasteiger partial charge in [0.25, 0.3) is 0 Å². The van der Waals surface area contributed by atoms with Crippen molar-refractivity contribution < 1.29 is 23.5 Å². The number of hydrogen-bond acceptors (Lipinski definition) is 6. The van der Waals surface area contributed by atoms with Crippen LogP contribution >= 0.6 is 0 Å². The van der Waals surface area contributed by atoms with Gasteiger partial charge >= 0.3 is 12.3 Å². The van der Waals surface area contributed by atoms with Gasteiger partial charge in [-0.05, 0) is 17.7 Å². The first-order valence-electron chi connectivity index (χ1n) is 6.06. The third-order valence-electron chi connectivity index (χ3n) is 2.65. The van der Waals surface area contributed by atoms with E-state index in [1.54, 1.807) is 24.3 Å². The number of pyridine rings is 1. The van der Waals surface area contributed by atoms with E-state index in [0.29, 0.717) is 11.3 Å². The molecule has 0 saturated carbocycles. The molecule has 1 aromatic heterocycles. The molecule has 116 valence electrons. The predicted octanol–water partition coefficient (Wildman–Crippen LogP) is 2.83. The molecule has 22 heavy (non-hydrogen) atoms. The average Bonchev–Trinajstić information content (AvgIpc) is 2.47. The van der Waals surface area contributed by atoms with Gasteiger partial charge in [0.15, 0.2) is 0 Å².